The van der Waals surface area contributed by atoms with Crippen LogP contribution < -0.4 is 10.6 Å². The fraction of sp³-hybridized carbons (Fsp3) is 0.357. The summed E-state index contributed by atoms with van der Waals surface area (Å²) in [6.45, 7) is 2.01. The maximum atomic E-state index is 11.5. The molecule has 0 spiro atoms. The van der Waals surface area contributed by atoms with Gasteiger partial charge in [-0.3, -0.25) is 9.59 Å². The molecule has 0 saturated carbocycles. The van der Waals surface area contributed by atoms with Gasteiger partial charge < -0.3 is 10.6 Å². The van der Waals surface area contributed by atoms with Gasteiger partial charge in [-0.05, 0) is 30.7 Å². The smallest absolute Gasteiger partial charge is 0.252 e. The van der Waals surface area contributed by atoms with Crippen molar-refractivity contribution in [3.63, 3.8) is 0 Å². The molecule has 1 aromatic carbocycles. The number of carbonyl (C=O) groups excluding carboxylic acids is 2. The van der Waals surface area contributed by atoms with Crippen LogP contribution in [0, 0.1) is 11.3 Å². The number of amides is 2. The van der Waals surface area contributed by atoms with E-state index in [-0.39, 0.29) is 18.4 Å². The number of benzene rings is 1. The van der Waals surface area contributed by atoms with Crippen molar-refractivity contribution in [1.29, 1.82) is 5.26 Å². The van der Waals surface area contributed by atoms with Gasteiger partial charge in [-0.1, -0.05) is 13.3 Å². The Labute approximate surface area is 112 Å². The predicted octanol–water partition coefficient (Wildman–Crippen LogP) is 2.07. The van der Waals surface area contributed by atoms with Crippen LogP contribution in [0.4, 0.5) is 5.69 Å². The molecule has 0 radical (unpaired) electrons. The van der Waals surface area contributed by atoms with Gasteiger partial charge in [0.2, 0.25) is 5.91 Å². The number of nitriles is 1. The van der Waals surface area contributed by atoms with Crippen LogP contribution in [0.1, 0.15) is 36.5 Å². The van der Waals surface area contributed by atoms with Crippen molar-refractivity contribution in [3.05, 3.63) is 29.8 Å². The first-order valence-electron chi connectivity index (χ1n) is 6.22. The molecule has 5 nitrogen and oxygen atoms in total. The Bertz CT molecular complexity index is 474. The van der Waals surface area contributed by atoms with E-state index < -0.39 is 0 Å². The van der Waals surface area contributed by atoms with Gasteiger partial charge in [-0.15, -0.1) is 0 Å². The van der Waals surface area contributed by atoms with Crippen molar-refractivity contribution in [2.45, 2.75) is 26.2 Å². The number of anilines is 1. The number of carbonyl (C=O) groups is 2. The van der Waals surface area contributed by atoms with E-state index in [1.165, 1.54) is 0 Å². The lowest BCUT2D eigenvalue weighted by atomic mass is 10.2. The summed E-state index contributed by atoms with van der Waals surface area (Å²) >= 11 is 0. The van der Waals surface area contributed by atoms with E-state index in [4.69, 9.17) is 5.26 Å². The molecule has 0 aromatic heterocycles. The first kappa shape index (κ1) is 14.7. The minimum atomic E-state index is -0.301. The summed E-state index contributed by atoms with van der Waals surface area (Å²) in [6, 6.07) is 8.41. The molecular formula is C14H17N3O2. The fourth-order valence-corrected chi connectivity index (χ4v) is 1.49. The van der Waals surface area contributed by atoms with Crippen molar-refractivity contribution in [3.8, 4) is 6.07 Å². The first-order valence-corrected chi connectivity index (χ1v) is 6.22. The lowest BCUT2D eigenvalue weighted by molar-refractivity contribution is -0.116. The van der Waals surface area contributed by atoms with Crippen LogP contribution in [-0.2, 0) is 4.79 Å². The molecule has 0 fully saturated rings. The lowest BCUT2D eigenvalue weighted by Crippen LogP contribution is -2.23. The molecule has 0 aliphatic carbocycles. The van der Waals surface area contributed by atoms with Gasteiger partial charge in [0.15, 0.2) is 0 Å². The van der Waals surface area contributed by atoms with Gasteiger partial charge >= 0.3 is 0 Å². The number of unbranched alkanes of at least 4 members (excludes halogenated alkanes) is 1. The minimum Gasteiger partial charge on any atom is -0.339 e. The summed E-state index contributed by atoms with van der Waals surface area (Å²) in [4.78, 5) is 23.0. The Kier molecular flexibility index (Phi) is 6.10. The fourth-order valence-electron chi connectivity index (χ4n) is 1.49. The van der Waals surface area contributed by atoms with E-state index in [9.17, 15) is 9.59 Å². The maximum absolute atomic E-state index is 11.5. The Morgan fingerprint density at radius 1 is 1.26 bits per heavy atom. The molecular weight excluding hydrogens is 242 g/mol. The van der Waals surface area contributed by atoms with Gasteiger partial charge in [0.05, 0.1) is 6.07 Å². The highest BCUT2D eigenvalue weighted by molar-refractivity contribution is 5.95. The van der Waals surface area contributed by atoms with E-state index in [1.807, 2.05) is 13.0 Å². The summed E-state index contributed by atoms with van der Waals surface area (Å²) in [7, 11) is 0. The molecule has 1 rings (SSSR count). The third-order valence-corrected chi connectivity index (χ3v) is 2.52. The molecule has 0 bridgehead atoms. The molecule has 0 aliphatic heterocycles. The van der Waals surface area contributed by atoms with Gasteiger partial charge in [0, 0.05) is 17.7 Å². The monoisotopic (exact) mass is 259 g/mol. The SMILES string of the molecule is CCCCC(=O)Nc1ccc(C(=O)NCC#N)cc1. The second kappa shape index (κ2) is 7.88. The third kappa shape index (κ3) is 5.21. The molecule has 5 heteroatoms. The quantitative estimate of drug-likeness (QED) is 0.767. The standard InChI is InChI=1S/C14H17N3O2/c1-2-3-4-13(18)17-12-7-5-11(6-8-12)14(19)16-10-9-15/h5-8H,2-4,10H2,1H3,(H,16,19)(H,17,18). The summed E-state index contributed by atoms with van der Waals surface area (Å²) < 4.78 is 0. The van der Waals surface area contributed by atoms with Gasteiger partial charge in [-0.25, -0.2) is 0 Å². The number of nitrogens with zero attached hydrogens (tertiary/aromatic N) is 1. The van der Waals surface area contributed by atoms with E-state index >= 15 is 0 Å². The molecule has 0 saturated heterocycles. The van der Waals surface area contributed by atoms with Crippen LogP contribution in [-0.4, -0.2) is 18.4 Å². The number of nitrogens with one attached hydrogen (secondary N) is 2. The molecule has 0 heterocycles. The van der Waals surface area contributed by atoms with E-state index in [2.05, 4.69) is 10.6 Å². The van der Waals surface area contributed by atoms with Crippen LogP contribution in [0.2, 0.25) is 0 Å². The average Bonchev–Trinajstić information content (AvgIpc) is 2.43. The third-order valence-electron chi connectivity index (χ3n) is 2.52. The van der Waals surface area contributed by atoms with Gasteiger partial charge in [0.1, 0.15) is 6.54 Å². The van der Waals surface area contributed by atoms with Crippen LogP contribution >= 0.6 is 0 Å². The summed E-state index contributed by atoms with van der Waals surface area (Å²) in [6.07, 6.45) is 2.34. The van der Waals surface area contributed by atoms with Crippen molar-refractivity contribution in [1.82, 2.24) is 5.32 Å². The Morgan fingerprint density at radius 3 is 2.53 bits per heavy atom. The normalized spacial score (nSPS) is 9.47. The first-order chi connectivity index (χ1) is 9.17. The number of hydrogen-bond acceptors (Lipinski definition) is 3. The van der Waals surface area contributed by atoms with Crippen molar-refractivity contribution >= 4 is 17.5 Å². The van der Waals surface area contributed by atoms with Crippen molar-refractivity contribution in [2.24, 2.45) is 0 Å². The largest absolute Gasteiger partial charge is 0.339 e. The molecule has 2 N–H and O–H groups in total. The summed E-state index contributed by atoms with van der Waals surface area (Å²) in [5, 5.41) is 13.6. The minimum absolute atomic E-state index is 0.0195. The number of hydrogen-bond donors (Lipinski definition) is 2. The number of rotatable bonds is 6. The van der Waals surface area contributed by atoms with Crippen molar-refractivity contribution < 1.29 is 9.59 Å². The summed E-state index contributed by atoms with van der Waals surface area (Å²) in [5.74, 6) is -0.325. The highest BCUT2D eigenvalue weighted by Gasteiger charge is 2.05. The van der Waals surface area contributed by atoms with E-state index in [0.717, 1.165) is 12.8 Å². The Morgan fingerprint density at radius 2 is 1.95 bits per heavy atom. The molecule has 0 unspecified atom stereocenters. The predicted molar refractivity (Wildman–Crippen MR) is 72.5 cm³/mol. The Balaban J connectivity index is 2.54. The zero-order valence-corrected chi connectivity index (χ0v) is 10.9. The topological polar surface area (TPSA) is 82.0 Å². The Hall–Kier alpha value is -2.35. The van der Waals surface area contributed by atoms with Gasteiger partial charge in [-0.2, -0.15) is 5.26 Å². The molecule has 19 heavy (non-hydrogen) atoms. The highest BCUT2D eigenvalue weighted by Crippen LogP contribution is 2.10. The summed E-state index contributed by atoms with van der Waals surface area (Å²) in [5.41, 5.74) is 1.12. The van der Waals surface area contributed by atoms with Gasteiger partial charge in [0.25, 0.3) is 5.91 Å². The van der Waals surface area contributed by atoms with Crippen molar-refractivity contribution in [2.75, 3.05) is 11.9 Å². The van der Waals surface area contributed by atoms with E-state index in [1.54, 1.807) is 24.3 Å². The molecule has 0 aliphatic rings. The van der Waals surface area contributed by atoms with Crippen LogP contribution in [0.3, 0.4) is 0 Å². The van der Waals surface area contributed by atoms with Crippen LogP contribution in [0.5, 0.6) is 0 Å². The second-order valence-corrected chi connectivity index (χ2v) is 4.07. The zero-order valence-electron chi connectivity index (χ0n) is 10.9. The van der Waals surface area contributed by atoms with Crippen LogP contribution in [0.15, 0.2) is 24.3 Å². The average molecular weight is 259 g/mol. The maximum Gasteiger partial charge on any atom is 0.252 e. The molecule has 1 aromatic rings. The van der Waals surface area contributed by atoms with E-state index in [0.29, 0.717) is 17.7 Å². The highest BCUT2D eigenvalue weighted by atomic mass is 16.2. The molecule has 2 amide bonds. The second-order valence-electron chi connectivity index (χ2n) is 4.07. The molecule has 0 atom stereocenters. The lowest BCUT2D eigenvalue weighted by Gasteiger charge is -2.06. The zero-order chi connectivity index (χ0) is 14.1. The van der Waals surface area contributed by atoms with Crippen LogP contribution in [0.25, 0.3) is 0 Å². The molecule has 100 valence electrons.